The molecule has 1 aliphatic rings. The van der Waals surface area contributed by atoms with Crippen molar-refractivity contribution >= 4 is 19.6 Å². The molecule has 0 spiro atoms. The molecule has 1 saturated heterocycles. The summed E-state index contributed by atoms with van der Waals surface area (Å²) in [7, 11) is -1.47. The summed E-state index contributed by atoms with van der Waals surface area (Å²) in [6.45, 7) is 1.17. The predicted octanol–water partition coefficient (Wildman–Crippen LogP) is 0.319. The molecule has 0 radical (unpaired) electrons. The number of nitrogens with one attached hydrogen (secondary N) is 2. The van der Waals surface area contributed by atoms with Gasteiger partial charge in [0.2, 0.25) is 5.91 Å². The molecule has 1 unspecified atom stereocenters. The van der Waals surface area contributed by atoms with E-state index in [4.69, 9.17) is 19.7 Å². The zero-order valence-corrected chi connectivity index (χ0v) is 19.8. The van der Waals surface area contributed by atoms with Gasteiger partial charge >= 0.3 is 13.3 Å². The molecule has 12 nitrogen and oxygen atoms in total. The van der Waals surface area contributed by atoms with Crippen LogP contribution in [0.2, 0.25) is 0 Å². The van der Waals surface area contributed by atoms with Crippen LogP contribution in [0.25, 0.3) is 6.08 Å². The molecule has 0 saturated carbocycles. The first kappa shape index (κ1) is 27.2. The standard InChI is InChI=1S/C20H33N4O8P/c1-30-13-15-16(33(28,29)31-2)11-18(32-15)24-12-14(19(26)23-20(24)27)7-8-17(25)22-10-6-4-3-5-9-21/h7-8,12,15-16,18H,3-6,9-11,13,21H2,1-2H3,(H,22,25)(H,28,29)(H,23,26,27)/b8-7+/t15-,16-,18-/m1/s1. The zero-order valence-electron chi connectivity index (χ0n) is 18.9. The summed E-state index contributed by atoms with van der Waals surface area (Å²) >= 11 is 0. The highest BCUT2D eigenvalue weighted by Gasteiger charge is 2.47. The van der Waals surface area contributed by atoms with E-state index in [0.717, 1.165) is 37.4 Å². The van der Waals surface area contributed by atoms with E-state index in [1.54, 1.807) is 0 Å². The van der Waals surface area contributed by atoms with Crippen molar-refractivity contribution in [2.45, 2.75) is 50.1 Å². The number of unbranched alkanes of at least 4 members (excludes halogenated alkanes) is 3. The van der Waals surface area contributed by atoms with Crippen molar-refractivity contribution in [1.29, 1.82) is 0 Å². The summed E-state index contributed by atoms with van der Waals surface area (Å²) in [5.74, 6) is -0.371. The second-order valence-corrected chi connectivity index (χ2v) is 9.87. The molecule has 2 heterocycles. The molecule has 0 aliphatic carbocycles. The van der Waals surface area contributed by atoms with Crippen LogP contribution in [0.5, 0.6) is 0 Å². The number of aromatic amines is 1. The van der Waals surface area contributed by atoms with Gasteiger partial charge in [0.1, 0.15) is 6.23 Å². The lowest BCUT2D eigenvalue weighted by Gasteiger charge is -2.20. The van der Waals surface area contributed by atoms with Gasteiger partial charge in [0, 0.05) is 39.5 Å². The van der Waals surface area contributed by atoms with Gasteiger partial charge in [0.15, 0.2) is 0 Å². The monoisotopic (exact) mass is 488 g/mol. The average Bonchev–Trinajstić information content (AvgIpc) is 3.20. The Hall–Kier alpha value is -2.08. The normalized spacial score (nSPS) is 22.5. The number of hydrogen-bond donors (Lipinski definition) is 4. The first-order valence-electron chi connectivity index (χ1n) is 10.8. The highest BCUT2D eigenvalue weighted by molar-refractivity contribution is 7.53. The Morgan fingerprint density at radius 3 is 2.76 bits per heavy atom. The molecule has 5 N–H and O–H groups in total. The molecular formula is C20H33N4O8P. The van der Waals surface area contributed by atoms with Gasteiger partial charge in [-0.05, 0) is 25.5 Å². The molecule has 186 valence electrons. The van der Waals surface area contributed by atoms with E-state index < -0.39 is 36.8 Å². The number of ether oxygens (including phenoxy) is 2. The van der Waals surface area contributed by atoms with E-state index in [1.807, 2.05) is 0 Å². The van der Waals surface area contributed by atoms with Gasteiger partial charge in [-0.1, -0.05) is 12.8 Å². The van der Waals surface area contributed by atoms with Crippen LogP contribution in [0, 0.1) is 0 Å². The van der Waals surface area contributed by atoms with E-state index in [9.17, 15) is 23.8 Å². The quantitative estimate of drug-likeness (QED) is 0.173. The van der Waals surface area contributed by atoms with Gasteiger partial charge in [-0.2, -0.15) is 0 Å². The molecule has 4 atom stereocenters. The molecule has 33 heavy (non-hydrogen) atoms. The summed E-state index contributed by atoms with van der Waals surface area (Å²) in [6, 6.07) is 0. The zero-order chi connectivity index (χ0) is 24.4. The first-order chi connectivity index (χ1) is 15.7. The number of aromatic nitrogens is 2. The fourth-order valence-electron chi connectivity index (χ4n) is 3.57. The van der Waals surface area contributed by atoms with Crippen LogP contribution in [-0.4, -0.2) is 66.0 Å². The van der Waals surface area contributed by atoms with Crippen molar-refractivity contribution in [3.63, 3.8) is 0 Å². The molecular weight excluding hydrogens is 455 g/mol. The van der Waals surface area contributed by atoms with Gasteiger partial charge in [-0.25, -0.2) is 4.79 Å². The lowest BCUT2D eigenvalue weighted by atomic mass is 10.2. The second-order valence-electron chi connectivity index (χ2n) is 7.71. The Morgan fingerprint density at radius 2 is 2.09 bits per heavy atom. The lowest BCUT2D eigenvalue weighted by molar-refractivity contribution is -0.116. The molecule has 2 rings (SSSR count). The van der Waals surface area contributed by atoms with E-state index in [2.05, 4.69) is 10.3 Å². The second kappa shape index (κ2) is 13.0. The van der Waals surface area contributed by atoms with Gasteiger partial charge in [-0.3, -0.25) is 23.7 Å². The summed E-state index contributed by atoms with van der Waals surface area (Å²) < 4.78 is 29.1. The van der Waals surface area contributed by atoms with E-state index >= 15 is 0 Å². The topological polar surface area (TPSA) is 175 Å². The van der Waals surface area contributed by atoms with Crippen LogP contribution in [0.3, 0.4) is 0 Å². The maximum absolute atomic E-state index is 12.4. The number of nitrogens with zero attached hydrogens (tertiary/aromatic N) is 1. The summed E-state index contributed by atoms with van der Waals surface area (Å²) in [5.41, 5.74) is 3.17. The van der Waals surface area contributed by atoms with Crippen molar-refractivity contribution in [3.8, 4) is 0 Å². The SMILES string of the molecule is COC[C@H]1O[C@@H](n2cc(/C=C/C(=O)NCCCCCCN)c(=O)[nH]c2=O)C[C@H]1P(=O)(O)OC. The Labute approximate surface area is 191 Å². The van der Waals surface area contributed by atoms with Crippen LogP contribution in [-0.2, 0) is 23.4 Å². The maximum atomic E-state index is 12.4. The molecule has 0 aromatic carbocycles. The van der Waals surface area contributed by atoms with Gasteiger partial charge in [0.25, 0.3) is 5.56 Å². The molecule has 1 aliphatic heterocycles. The van der Waals surface area contributed by atoms with Crippen LogP contribution in [0.4, 0.5) is 0 Å². The van der Waals surface area contributed by atoms with Crippen molar-refractivity contribution in [2.75, 3.05) is 33.9 Å². The van der Waals surface area contributed by atoms with E-state index in [0.29, 0.717) is 13.1 Å². The molecule has 1 amide bonds. The number of hydrogen-bond acceptors (Lipinski definition) is 8. The van der Waals surface area contributed by atoms with Gasteiger partial charge in [0.05, 0.1) is 23.9 Å². The third kappa shape index (κ3) is 7.73. The molecule has 1 aromatic rings. The van der Waals surface area contributed by atoms with Crippen LogP contribution in [0.1, 0.15) is 43.9 Å². The van der Waals surface area contributed by atoms with Crippen molar-refractivity contribution in [1.82, 2.24) is 14.9 Å². The van der Waals surface area contributed by atoms with Crippen LogP contribution < -0.4 is 22.3 Å². The summed E-state index contributed by atoms with van der Waals surface area (Å²) in [4.78, 5) is 48.9. The fraction of sp³-hybridized carbons (Fsp3) is 0.650. The number of rotatable bonds is 13. The first-order valence-corrected chi connectivity index (χ1v) is 12.4. The predicted molar refractivity (Wildman–Crippen MR) is 122 cm³/mol. The Balaban J connectivity index is 2.11. The summed E-state index contributed by atoms with van der Waals surface area (Å²) in [5, 5.41) is 2.73. The van der Waals surface area contributed by atoms with Gasteiger partial charge < -0.3 is 29.9 Å². The number of carbonyl (C=O) groups excluding carboxylic acids is 1. The minimum atomic E-state index is -4.01. The highest BCUT2D eigenvalue weighted by atomic mass is 31.2. The van der Waals surface area contributed by atoms with Crippen molar-refractivity contribution in [3.05, 3.63) is 38.7 Å². The molecule has 0 bridgehead atoms. The molecule has 1 fully saturated rings. The Kier molecular flexibility index (Phi) is 10.7. The minimum Gasteiger partial charge on any atom is -0.382 e. The van der Waals surface area contributed by atoms with Gasteiger partial charge in [-0.15, -0.1) is 0 Å². The van der Waals surface area contributed by atoms with Crippen LogP contribution >= 0.6 is 7.60 Å². The fourth-order valence-corrected chi connectivity index (χ4v) is 4.87. The van der Waals surface area contributed by atoms with E-state index in [1.165, 1.54) is 25.5 Å². The van der Waals surface area contributed by atoms with E-state index in [-0.39, 0.29) is 24.5 Å². The number of nitrogens with two attached hydrogens (primary N) is 1. The third-order valence-corrected chi connectivity index (χ3v) is 7.27. The lowest BCUT2D eigenvalue weighted by Crippen LogP contribution is -2.33. The highest BCUT2D eigenvalue weighted by Crippen LogP contribution is 2.54. The summed E-state index contributed by atoms with van der Waals surface area (Å²) in [6.07, 6.45) is 5.78. The van der Waals surface area contributed by atoms with Crippen LogP contribution in [0.15, 0.2) is 21.9 Å². The number of H-pyrrole nitrogens is 1. The van der Waals surface area contributed by atoms with Crippen molar-refractivity contribution in [2.24, 2.45) is 5.73 Å². The number of carbonyl (C=O) groups is 1. The maximum Gasteiger partial charge on any atom is 0.333 e. The smallest absolute Gasteiger partial charge is 0.333 e. The minimum absolute atomic E-state index is 0.00457. The largest absolute Gasteiger partial charge is 0.382 e. The Bertz CT molecular complexity index is 976. The number of amides is 1. The van der Waals surface area contributed by atoms with Crippen molar-refractivity contribution < 1.29 is 28.3 Å². The number of methoxy groups -OCH3 is 1. The molecule has 13 heteroatoms. The molecule has 1 aromatic heterocycles. The Morgan fingerprint density at radius 1 is 1.36 bits per heavy atom. The third-order valence-electron chi connectivity index (χ3n) is 5.37. The average molecular weight is 488 g/mol.